The van der Waals surface area contributed by atoms with E-state index in [0.29, 0.717) is 12.8 Å². The summed E-state index contributed by atoms with van der Waals surface area (Å²) in [6.07, 6.45) is 0.108. The van der Waals surface area contributed by atoms with Gasteiger partial charge in [-0.05, 0) is 19.8 Å². The van der Waals surface area contributed by atoms with Gasteiger partial charge >= 0.3 is 5.97 Å². The number of thiazole rings is 1. The second-order valence-electron chi connectivity index (χ2n) is 3.65. The van der Waals surface area contributed by atoms with E-state index in [2.05, 4.69) is 4.98 Å². The van der Waals surface area contributed by atoms with Crippen LogP contribution in [0.15, 0.2) is 5.38 Å². The molecule has 0 amide bonds. The highest BCUT2D eigenvalue weighted by molar-refractivity contribution is 7.09. The van der Waals surface area contributed by atoms with Crippen LogP contribution in [0.1, 0.15) is 23.5 Å². The van der Waals surface area contributed by atoms with E-state index < -0.39 is 17.5 Å². The minimum absolute atomic E-state index is 0.601. The monoisotopic (exact) mass is 213 g/mol. The maximum Gasteiger partial charge on any atom is 0.333 e. The minimum atomic E-state index is -1.32. The quantitative estimate of drug-likeness (QED) is 0.783. The molecule has 1 atom stereocenters. The number of carboxylic acid groups (broad SMARTS) is 1. The first-order chi connectivity index (χ1) is 6.56. The number of nitrogens with zero attached hydrogens (tertiary/aromatic N) is 1. The van der Waals surface area contributed by atoms with Crippen molar-refractivity contribution < 1.29 is 15.0 Å². The molecule has 1 aromatic rings. The number of carboxylic acids is 1. The molecule has 1 heterocycles. The lowest BCUT2D eigenvalue weighted by Crippen LogP contribution is -2.34. The van der Waals surface area contributed by atoms with Crippen molar-refractivity contribution >= 4 is 17.3 Å². The second kappa shape index (κ2) is 3.03. The summed E-state index contributed by atoms with van der Waals surface area (Å²) < 4.78 is 0. The van der Waals surface area contributed by atoms with Crippen molar-refractivity contribution in [3.8, 4) is 0 Å². The van der Waals surface area contributed by atoms with Crippen LogP contribution in [0.25, 0.3) is 0 Å². The van der Waals surface area contributed by atoms with Crippen LogP contribution in [-0.2, 0) is 10.2 Å². The molecule has 0 saturated heterocycles. The highest BCUT2D eigenvalue weighted by Crippen LogP contribution is 2.51. The van der Waals surface area contributed by atoms with Crippen LogP contribution in [0.2, 0.25) is 0 Å². The Kier molecular flexibility index (Phi) is 2.08. The molecule has 1 fully saturated rings. The molecule has 5 heteroatoms. The highest BCUT2D eigenvalue weighted by atomic mass is 32.1. The molecule has 0 spiro atoms. The Morgan fingerprint density at radius 1 is 1.71 bits per heavy atom. The van der Waals surface area contributed by atoms with Gasteiger partial charge in [0, 0.05) is 5.38 Å². The van der Waals surface area contributed by atoms with Gasteiger partial charge in [-0.3, -0.25) is 0 Å². The maximum absolute atomic E-state index is 10.7. The van der Waals surface area contributed by atoms with Gasteiger partial charge in [0.1, 0.15) is 0 Å². The molecule has 14 heavy (non-hydrogen) atoms. The first-order valence-electron chi connectivity index (χ1n) is 4.40. The molecule has 2 N–H and O–H groups in total. The third kappa shape index (κ3) is 1.33. The fourth-order valence-corrected chi connectivity index (χ4v) is 2.35. The van der Waals surface area contributed by atoms with E-state index in [9.17, 15) is 9.90 Å². The fourth-order valence-electron chi connectivity index (χ4n) is 1.63. The van der Waals surface area contributed by atoms with Crippen molar-refractivity contribution in [2.24, 2.45) is 0 Å². The summed E-state index contributed by atoms with van der Waals surface area (Å²) in [6, 6.07) is 0. The Bertz CT molecular complexity index is 370. The summed E-state index contributed by atoms with van der Waals surface area (Å²) in [6.45, 7) is 1.87. The molecular weight excluding hydrogens is 202 g/mol. The van der Waals surface area contributed by atoms with E-state index >= 15 is 0 Å². The van der Waals surface area contributed by atoms with Gasteiger partial charge in [-0.2, -0.15) is 0 Å². The SMILES string of the molecule is Cc1nc(C2(C(O)C(=O)O)CC2)cs1. The maximum atomic E-state index is 10.7. The second-order valence-corrected chi connectivity index (χ2v) is 4.71. The standard InChI is InChI=1S/C9H11NO3S/c1-5-10-6(4-14-5)9(2-3-9)7(11)8(12)13/h4,7,11H,2-3H2,1H3,(H,12,13). The number of rotatable bonds is 3. The van der Waals surface area contributed by atoms with E-state index in [1.807, 2.05) is 12.3 Å². The van der Waals surface area contributed by atoms with Crippen LogP contribution in [0.3, 0.4) is 0 Å². The Hall–Kier alpha value is -0.940. The summed E-state index contributed by atoms with van der Waals surface area (Å²) in [7, 11) is 0. The van der Waals surface area contributed by atoms with Gasteiger partial charge < -0.3 is 10.2 Å². The molecule has 1 aromatic heterocycles. The third-order valence-corrected chi connectivity index (χ3v) is 3.45. The molecule has 2 rings (SSSR count). The van der Waals surface area contributed by atoms with Crippen LogP contribution in [0, 0.1) is 6.92 Å². The lowest BCUT2D eigenvalue weighted by molar-refractivity contribution is -0.148. The van der Waals surface area contributed by atoms with Gasteiger partial charge in [-0.1, -0.05) is 0 Å². The molecule has 1 unspecified atom stereocenters. The summed E-state index contributed by atoms with van der Waals surface area (Å²) in [4.78, 5) is 14.9. The normalized spacial score (nSPS) is 20.4. The van der Waals surface area contributed by atoms with Crippen molar-refractivity contribution in [3.63, 3.8) is 0 Å². The molecule has 0 aliphatic heterocycles. The number of aryl methyl sites for hydroxylation is 1. The van der Waals surface area contributed by atoms with E-state index in [-0.39, 0.29) is 0 Å². The minimum Gasteiger partial charge on any atom is -0.479 e. The van der Waals surface area contributed by atoms with Crippen LogP contribution in [0.5, 0.6) is 0 Å². The molecule has 1 aliphatic rings. The average molecular weight is 213 g/mol. The molecular formula is C9H11NO3S. The topological polar surface area (TPSA) is 70.4 Å². The first kappa shape index (κ1) is 9.61. The van der Waals surface area contributed by atoms with E-state index in [1.165, 1.54) is 11.3 Å². The van der Waals surface area contributed by atoms with Crippen molar-refractivity contribution in [1.29, 1.82) is 0 Å². The van der Waals surface area contributed by atoms with Crippen molar-refractivity contribution in [1.82, 2.24) is 4.98 Å². The van der Waals surface area contributed by atoms with Crippen LogP contribution in [0.4, 0.5) is 0 Å². The largest absolute Gasteiger partial charge is 0.479 e. The van der Waals surface area contributed by atoms with Gasteiger partial charge in [0.2, 0.25) is 0 Å². The van der Waals surface area contributed by atoms with Gasteiger partial charge in [0.05, 0.1) is 16.1 Å². The number of aliphatic hydroxyl groups excluding tert-OH is 1. The number of hydrogen-bond acceptors (Lipinski definition) is 4. The molecule has 76 valence electrons. The van der Waals surface area contributed by atoms with Crippen LogP contribution >= 0.6 is 11.3 Å². The highest BCUT2D eigenvalue weighted by Gasteiger charge is 2.55. The Morgan fingerprint density at radius 3 is 2.71 bits per heavy atom. The Labute approximate surface area is 85.2 Å². The first-order valence-corrected chi connectivity index (χ1v) is 5.28. The van der Waals surface area contributed by atoms with E-state index in [4.69, 9.17) is 5.11 Å². The number of carbonyl (C=O) groups is 1. The Balaban J connectivity index is 2.29. The summed E-state index contributed by atoms with van der Waals surface area (Å²) in [5.74, 6) is -1.16. The molecule has 0 aromatic carbocycles. The lowest BCUT2D eigenvalue weighted by Gasteiger charge is -2.15. The number of aliphatic hydroxyl groups is 1. The van der Waals surface area contributed by atoms with Gasteiger partial charge in [0.15, 0.2) is 6.10 Å². The average Bonchev–Trinajstić information content (AvgIpc) is 2.83. The molecule has 0 bridgehead atoms. The lowest BCUT2D eigenvalue weighted by atomic mass is 9.96. The zero-order valence-electron chi connectivity index (χ0n) is 7.73. The Morgan fingerprint density at radius 2 is 2.36 bits per heavy atom. The van der Waals surface area contributed by atoms with Crippen molar-refractivity contribution in [2.75, 3.05) is 0 Å². The predicted octanol–water partition coefficient (Wildman–Crippen LogP) is 0.929. The zero-order chi connectivity index (χ0) is 10.3. The van der Waals surface area contributed by atoms with Crippen LogP contribution in [-0.4, -0.2) is 27.3 Å². The molecule has 1 saturated carbocycles. The molecule has 4 nitrogen and oxygen atoms in total. The third-order valence-electron chi connectivity index (χ3n) is 2.68. The van der Waals surface area contributed by atoms with Crippen molar-refractivity contribution in [3.05, 3.63) is 16.1 Å². The summed E-state index contributed by atoms with van der Waals surface area (Å²) >= 11 is 1.49. The van der Waals surface area contributed by atoms with Gasteiger partial charge in [-0.15, -0.1) is 11.3 Å². The molecule has 1 aliphatic carbocycles. The number of aromatic nitrogens is 1. The van der Waals surface area contributed by atoms with Crippen LogP contribution < -0.4 is 0 Å². The predicted molar refractivity (Wildman–Crippen MR) is 51.4 cm³/mol. The van der Waals surface area contributed by atoms with Gasteiger partial charge in [-0.25, -0.2) is 9.78 Å². The number of aliphatic carboxylic acids is 1. The van der Waals surface area contributed by atoms with Crippen molar-refractivity contribution in [2.45, 2.75) is 31.3 Å². The number of hydrogen-bond donors (Lipinski definition) is 2. The summed E-state index contributed by atoms with van der Waals surface area (Å²) in [5.41, 5.74) is 0.131. The summed E-state index contributed by atoms with van der Waals surface area (Å²) in [5, 5.41) is 21.0. The van der Waals surface area contributed by atoms with E-state index in [1.54, 1.807) is 0 Å². The van der Waals surface area contributed by atoms with Gasteiger partial charge in [0.25, 0.3) is 0 Å². The van der Waals surface area contributed by atoms with E-state index in [0.717, 1.165) is 10.7 Å². The smallest absolute Gasteiger partial charge is 0.333 e. The zero-order valence-corrected chi connectivity index (χ0v) is 8.54. The molecule has 0 radical (unpaired) electrons. The fraction of sp³-hybridized carbons (Fsp3) is 0.556.